The van der Waals surface area contributed by atoms with E-state index in [0.717, 1.165) is 12.1 Å². The molecule has 0 aromatic heterocycles. The third-order valence-corrected chi connectivity index (χ3v) is 4.89. The van der Waals surface area contributed by atoms with Crippen molar-refractivity contribution in [2.24, 2.45) is 11.8 Å². The van der Waals surface area contributed by atoms with Crippen molar-refractivity contribution in [2.45, 2.75) is 12.5 Å². The SMILES string of the molecule is C=CCOC(=O)c1ccc(F)c(NC(=O)C2C[C@@H]([C@H](C(=O)S)C(=O)OCC=C)CN2)c1. The minimum absolute atomic E-state index is 0.00838. The summed E-state index contributed by atoms with van der Waals surface area (Å²) >= 11 is 3.77. The Balaban J connectivity index is 2.06. The maximum absolute atomic E-state index is 14.1. The highest BCUT2D eigenvalue weighted by molar-refractivity contribution is 7.96. The van der Waals surface area contributed by atoms with Gasteiger partial charge in [-0.3, -0.25) is 14.4 Å². The van der Waals surface area contributed by atoms with Crippen LogP contribution in [0.25, 0.3) is 0 Å². The number of benzene rings is 1. The first kappa shape index (κ1) is 24.3. The van der Waals surface area contributed by atoms with Crippen molar-refractivity contribution in [1.29, 1.82) is 0 Å². The number of anilines is 1. The molecule has 1 heterocycles. The smallest absolute Gasteiger partial charge is 0.338 e. The molecule has 1 aliphatic rings. The monoisotopic (exact) mass is 450 g/mol. The normalized spacial score (nSPS) is 18.5. The van der Waals surface area contributed by atoms with Crippen molar-refractivity contribution in [2.75, 3.05) is 25.1 Å². The predicted octanol–water partition coefficient (Wildman–Crippen LogP) is 1.89. The zero-order valence-corrected chi connectivity index (χ0v) is 17.5. The summed E-state index contributed by atoms with van der Waals surface area (Å²) in [6, 6.07) is 2.65. The number of hydrogen-bond acceptors (Lipinski definition) is 7. The van der Waals surface area contributed by atoms with Crippen LogP contribution in [0.15, 0.2) is 43.5 Å². The molecule has 1 amide bonds. The van der Waals surface area contributed by atoms with Gasteiger partial charge in [0.1, 0.15) is 24.9 Å². The fourth-order valence-corrected chi connectivity index (χ4v) is 3.44. The van der Waals surface area contributed by atoms with Crippen molar-refractivity contribution in [3.05, 3.63) is 54.9 Å². The first-order chi connectivity index (χ1) is 14.8. The molecule has 1 unspecified atom stereocenters. The molecule has 0 radical (unpaired) electrons. The number of ether oxygens (including phenoxy) is 2. The van der Waals surface area contributed by atoms with E-state index < -0.39 is 46.7 Å². The number of rotatable bonds is 10. The second-order valence-electron chi connectivity index (χ2n) is 6.76. The second kappa shape index (κ2) is 11.4. The largest absolute Gasteiger partial charge is 0.461 e. The van der Waals surface area contributed by atoms with Crippen LogP contribution >= 0.6 is 12.6 Å². The standard InChI is InChI=1S/C21H23FN2O6S/c1-3-7-29-19(26)12-5-6-14(22)15(9-12)24-18(25)16-10-13(11-23-16)17(21(28)31)20(27)30-8-4-2/h3-6,9,13,16-17,23H,1-2,7-8,10-11H2,(H,24,25)(H,28,31)/t13-,16?,17+/m1/s1. The Morgan fingerprint density at radius 3 is 2.55 bits per heavy atom. The summed E-state index contributed by atoms with van der Waals surface area (Å²) in [5.74, 6) is -4.43. The molecule has 166 valence electrons. The van der Waals surface area contributed by atoms with E-state index in [1.54, 1.807) is 0 Å². The van der Waals surface area contributed by atoms with Gasteiger partial charge in [-0.2, -0.15) is 0 Å². The first-order valence-electron chi connectivity index (χ1n) is 9.40. The van der Waals surface area contributed by atoms with Gasteiger partial charge in [-0.05, 0) is 30.5 Å². The molecule has 31 heavy (non-hydrogen) atoms. The van der Waals surface area contributed by atoms with Gasteiger partial charge in [0.15, 0.2) is 5.12 Å². The molecule has 1 saturated heterocycles. The molecule has 2 N–H and O–H groups in total. The predicted molar refractivity (Wildman–Crippen MR) is 114 cm³/mol. The Hall–Kier alpha value is -2.98. The molecule has 0 spiro atoms. The maximum atomic E-state index is 14.1. The zero-order chi connectivity index (χ0) is 23.0. The van der Waals surface area contributed by atoms with Gasteiger partial charge < -0.3 is 20.1 Å². The number of halogens is 1. The van der Waals surface area contributed by atoms with Gasteiger partial charge in [-0.25, -0.2) is 9.18 Å². The van der Waals surface area contributed by atoms with Crippen LogP contribution in [0.3, 0.4) is 0 Å². The molecule has 2 rings (SSSR count). The minimum Gasteiger partial charge on any atom is -0.461 e. The Kier molecular flexibility index (Phi) is 8.95. The number of thiol groups is 1. The van der Waals surface area contributed by atoms with Gasteiger partial charge in [0.2, 0.25) is 5.91 Å². The lowest BCUT2D eigenvalue weighted by Crippen LogP contribution is -2.35. The Labute approximate surface area is 184 Å². The summed E-state index contributed by atoms with van der Waals surface area (Å²) in [6.45, 7) is 7.00. The van der Waals surface area contributed by atoms with Gasteiger partial charge in [0.25, 0.3) is 0 Å². The molecule has 1 aromatic rings. The topological polar surface area (TPSA) is 111 Å². The fraction of sp³-hybridized carbons (Fsp3) is 0.333. The highest BCUT2D eigenvalue weighted by Crippen LogP contribution is 2.27. The number of carbonyl (C=O) groups excluding carboxylic acids is 4. The average Bonchev–Trinajstić information content (AvgIpc) is 3.21. The van der Waals surface area contributed by atoms with Gasteiger partial charge in [-0.15, -0.1) is 12.6 Å². The molecule has 1 fully saturated rings. The average molecular weight is 450 g/mol. The lowest BCUT2D eigenvalue weighted by atomic mass is 9.90. The molecule has 3 atom stereocenters. The quantitative estimate of drug-likeness (QED) is 0.216. The third-order valence-electron chi connectivity index (χ3n) is 4.61. The molecule has 10 heteroatoms. The van der Waals surface area contributed by atoms with E-state index in [-0.39, 0.29) is 37.4 Å². The van der Waals surface area contributed by atoms with Gasteiger partial charge in [0.05, 0.1) is 17.3 Å². The fourth-order valence-electron chi connectivity index (χ4n) is 3.13. The summed E-state index contributed by atoms with van der Waals surface area (Å²) in [5.41, 5.74) is -0.142. The number of nitrogens with one attached hydrogen (secondary N) is 2. The molecular weight excluding hydrogens is 427 g/mol. The van der Waals surface area contributed by atoms with E-state index in [4.69, 9.17) is 9.47 Å². The van der Waals surface area contributed by atoms with Crippen LogP contribution in [-0.4, -0.2) is 48.8 Å². The Morgan fingerprint density at radius 1 is 1.23 bits per heavy atom. The van der Waals surface area contributed by atoms with E-state index in [1.165, 1.54) is 18.2 Å². The van der Waals surface area contributed by atoms with Crippen LogP contribution in [0.5, 0.6) is 0 Å². The van der Waals surface area contributed by atoms with Crippen molar-refractivity contribution in [3.8, 4) is 0 Å². The highest BCUT2D eigenvalue weighted by Gasteiger charge is 2.41. The van der Waals surface area contributed by atoms with Gasteiger partial charge in [0, 0.05) is 6.54 Å². The summed E-state index contributed by atoms with van der Waals surface area (Å²) < 4.78 is 24.0. The Morgan fingerprint density at radius 2 is 1.90 bits per heavy atom. The third kappa shape index (κ3) is 6.50. The summed E-state index contributed by atoms with van der Waals surface area (Å²) in [5, 5.41) is 4.66. The molecule has 0 saturated carbocycles. The van der Waals surface area contributed by atoms with Gasteiger partial charge >= 0.3 is 11.9 Å². The molecule has 1 aromatic carbocycles. The molecule has 0 bridgehead atoms. The van der Waals surface area contributed by atoms with Crippen LogP contribution in [-0.2, 0) is 23.9 Å². The summed E-state index contributed by atoms with van der Waals surface area (Å²) in [7, 11) is 0. The van der Waals surface area contributed by atoms with Crippen LogP contribution in [0, 0.1) is 17.7 Å². The van der Waals surface area contributed by atoms with E-state index in [9.17, 15) is 23.6 Å². The van der Waals surface area contributed by atoms with E-state index in [2.05, 4.69) is 36.4 Å². The first-order valence-corrected chi connectivity index (χ1v) is 9.85. The van der Waals surface area contributed by atoms with Crippen LogP contribution in [0.1, 0.15) is 16.8 Å². The summed E-state index contributed by atoms with van der Waals surface area (Å²) in [4.78, 5) is 48.5. The number of carbonyl (C=O) groups is 4. The van der Waals surface area contributed by atoms with Crippen LogP contribution in [0.4, 0.5) is 10.1 Å². The van der Waals surface area contributed by atoms with Crippen molar-refractivity contribution >= 4 is 41.3 Å². The van der Waals surface area contributed by atoms with Crippen molar-refractivity contribution in [1.82, 2.24) is 5.32 Å². The highest BCUT2D eigenvalue weighted by atomic mass is 32.1. The van der Waals surface area contributed by atoms with Crippen LogP contribution in [0.2, 0.25) is 0 Å². The second-order valence-corrected chi connectivity index (χ2v) is 7.20. The molecular formula is C21H23FN2O6S. The zero-order valence-electron chi connectivity index (χ0n) is 16.6. The number of esters is 2. The van der Waals surface area contributed by atoms with Crippen LogP contribution < -0.4 is 10.6 Å². The number of amides is 1. The Bertz CT molecular complexity index is 891. The molecule has 1 aliphatic heterocycles. The van der Waals surface area contributed by atoms with E-state index in [1.807, 2.05) is 0 Å². The van der Waals surface area contributed by atoms with Crippen molar-refractivity contribution < 1.29 is 33.0 Å². The number of hydrogen-bond donors (Lipinski definition) is 3. The molecule has 8 nitrogen and oxygen atoms in total. The lowest BCUT2D eigenvalue weighted by Gasteiger charge is -2.18. The maximum Gasteiger partial charge on any atom is 0.338 e. The molecule has 0 aliphatic carbocycles. The van der Waals surface area contributed by atoms with Gasteiger partial charge in [-0.1, -0.05) is 25.3 Å². The minimum atomic E-state index is -1.15. The van der Waals surface area contributed by atoms with E-state index in [0.29, 0.717) is 0 Å². The van der Waals surface area contributed by atoms with Crippen molar-refractivity contribution in [3.63, 3.8) is 0 Å². The lowest BCUT2D eigenvalue weighted by molar-refractivity contribution is -0.151. The summed E-state index contributed by atoms with van der Waals surface area (Å²) in [6.07, 6.45) is 2.90. The van der Waals surface area contributed by atoms with E-state index >= 15 is 0 Å².